The van der Waals surface area contributed by atoms with E-state index >= 15 is 0 Å². The molecule has 1 unspecified atom stereocenters. The number of halogens is 2. The van der Waals surface area contributed by atoms with E-state index in [1.54, 1.807) is 6.07 Å². The van der Waals surface area contributed by atoms with Crippen LogP contribution in [0.4, 0.5) is 4.39 Å². The van der Waals surface area contributed by atoms with Gasteiger partial charge in [0.25, 0.3) is 0 Å². The van der Waals surface area contributed by atoms with Crippen molar-refractivity contribution in [1.82, 2.24) is 4.90 Å². The Balaban J connectivity index is 2.02. The molecule has 0 spiro atoms. The molecule has 1 aromatic rings. The second-order valence-corrected chi connectivity index (χ2v) is 4.30. The van der Waals surface area contributed by atoms with Crippen LogP contribution in [0.2, 0.25) is 5.02 Å². The standard InChI is InChI=1S/C11H14ClFN2/c12-10-2-1-8(5-11(10)13)7-15-4-3-9(15)6-14/h1-2,5,9H,3-4,6-7,14H2. The van der Waals surface area contributed by atoms with E-state index in [4.69, 9.17) is 17.3 Å². The summed E-state index contributed by atoms with van der Waals surface area (Å²) in [6.07, 6.45) is 1.15. The first-order chi connectivity index (χ1) is 7.20. The molecule has 1 aromatic carbocycles. The van der Waals surface area contributed by atoms with E-state index in [-0.39, 0.29) is 10.8 Å². The van der Waals surface area contributed by atoms with Gasteiger partial charge in [0.15, 0.2) is 0 Å². The van der Waals surface area contributed by atoms with E-state index < -0.39 is 0 Å². The maximum Gasteiger partial charge on any atom is 0.142 e. The van der Waals surface area contributed by atoms with Crippen LogP contribution in [0.3, 0.4) is 0 Å². The Morgan fingerprint density at radius 2 is 2.33 bits per heavy atom. The van der Waals surface area contributed by atoms with Crippen LogP contribution >= 0.6 is 11.6 Å². The highest BCUT2D eigenvalue weighted by atomic mass is 35.5. The quantitative estimate of drug-likeness (QED) is 0.858. The number of nitrogens with two attached hydrogens (primary N) is 1. The minimum Gasteiger partial charge on any atom is -0.329 e. The Kier molecular flexibility index (Phi) is 3.24. The second kappa shape index (κ2) is 4.47. The van der Waals surface area contributed by atoms with Crippen LogP contribution in [0.15, 0.2) is 18.2 Å². The molecule has 2 N–H and O–H groups in total. The van der Waals surface area contributed by atoms with Gasteiger partial charge < -0.3 is 5.73 Å². The minimum atomic E-state index is -0.348. The molecule has 15 heavy (non-hydrogen) atoms. The van der Waals surface area contributed by atoms with Crippen LogP contribution in [0.1, 0.15) is 12.0 Å². The molecule has 0 aromatic heterocycles. The van der Waals surface area contributed by atoms with Gasteiger partial charge in [0.2, 0.25) is 0 Å². The maximum absolute atomic E-state index is 13.2. The average Bonchev–Trinajstić information content (AvgIpc) is 2.19. The van der Waals surface area contributed by atoms with E-state index in [9.17, 15) is 4.39 Å². The summed E-state index contributed by atoms with van der Waals surface area (Å²) < 4.78 is 13.2. The number of rotatable bonds is 3. The van der Waals surface area contributed by atoms with Crippen molar-refractivity contribution in [2.75, 3.05) is 13.1 Å². The molecule has 0 amide bonds. The van der Waals surface area contributed by atoms with Crippen LogP contribution in [0, 0.1) is 5.82 Å². The van der Waals surface area contributed by atoms with Gasteiger partial charge in [0.05, 0.1) is 5.02 Å². The third-order valence-electron chi connectivity index (χ3n) is 2.91. The van der Waals surface area contributed by atoms with Gasteiger partial charge >= 0.3 is 0 Å². The van der Waals surface area contributed by atoms with Crippen LogP contribution in [0.5, 0.6) is 0 Å². The maximum atomic E-state index is 13.2. The molecule has 1 fully saturated rings. The lowest BCUT2D eigenvalue weighted by atomic mass is 10.0. The Hall–Kier alpha value is -0.640. The molecule has 1 saturated heterocycles. The fourth-order valence-corrected chi connectivity index (χ4v) is 1.96. The molecule has 1 aliphatic heterocycles. The lowest BCUT2D eigenvalue weighted by Crippen LogP contribution is -2.50. The summed E-state index contributed by atoms with van der Waals surface area (Å²) in [6.45, 7) is 2.48. The Morgan fingerprint density at radius 3 is 2.87 bits per heavy atom. The van der Waals surface area contributed by atoms with Gasteiger partial charge in [0.1, 0.15) is 5.82 Å². The summed E-state index contributed by atoms with van der Waals surface area (Å²) in [5.74, 6) is -0.348. The van der Waals surface area contributed by atoms with Crippen molar-refractivity contribution in [2.45, 2.75) is 19.0 Å². The largest absolute Gasteiger partial charge is 0.329 e. The van der Waals surface area contributed by atoms with Gasteiger partial charge in [-0.3, -0.25) is 4.90 Å². The number of likely N-dealkylation sites (tertiary alicyclic amines) is 1. The summed E-state index contributed by atoms with van der Waals surface area (Å²) in [5, 5.41) is 0.178. The molecule has 1 atom stereocenters. The summed E-state index contributed by atoms with van der Waals surface area (Å²) in [7, 11) is 0. The zero-order chi connectivity index (χ0) is 10.8. The second-order valence-electron chi connectivity index (χ2n) is 3.90. The zero-order valence-electron chi connectivity index (χ0n) is 8.42. The lowest BCUT2D eigenvalue weighted by Gasteiger charge is -2.40. The molecule has 2 rings (SSSR count). The minimum absolute atomic E-state index is 0.178. The van der Waals surface area contributed by atoms with Gasteiger partial charge in [-0.2, -0.15) is 0 Å². The van der Waals surface area contributed by atoms with Crippen LogP contribution in [-0.2, 0) is 6.54 Å². The summed E-state index contributed by atoms with van der Waals surface area (Å²) >= 11 is 5.61. The molecule has 2 nitrogen and oxygen atoms in total. The van der Waals surface area contributed by atoms with Crippen molar-refractivity contribution in [3.05, 3.63) is 34.6 Å². The third-order valence-corrected chi connectivity index (χ3v) is 3.21. The molecular formula is C11H14ClFN2. The lowest BCUT2D eigenvalue weighted by molar-refractivity contribution is 0.0881. The van der Waals surface area contributed by atoms with E-state index in [1.807, 2.05) is 6.07 Å². The molecular weight excluding hydrogens is 215 g/mol. The van der Waals surface area contributed by atoms with Crippen LogP contribution < -0.4 is 5.73 Å². The first kappa shape index (κ1) is 10.9. The third kappa shape index (κ3) is 2.30. The molecule has 0 saturated carbocycles. The van der Waals surface area contributed by atoms with E-state index in [0.29, 0.717) is 12.6 Å². The SMILES string of the molecule is NCC1CCN1Cc1ccc(Cl)c(F)c1. The zero-order valence-corrected chi connectivity index (χ0v) is 9.17. The van der Waals surface area contributed by atoms with Crippen molar-refractivity contribution >= 4 is 11.6 Å². The van der Waals surface area contributed by atoms with Crippen molar-refractivity contribution in [2.24, 2.45) is 5.73 Å². The fourth-order valence-electron chi connectivity index (χ4n) is 1.84. The predicted octanol–water partition coefficient (Wildman–Crippen LogP) is 2.01. The van der Waals surface area contributed by atoms with Crippen molar-refractivity contribution in [3.8, 4) is 0 Å². The molecule has 82 valence electrons. The van der Waals surface area contributed by atoms with Crippen molar-refractivity contribution in [3.63, 3.8) is 0 Å². The number of nitrogens with zero attached hydrogens (tertiary/aromatic N) is 1. The van der Waals surface area contributed by atoms with Gasteiger partial charge in [-0.1, -0.05) is 17.7 Å². The molecule has 0 aliphatic carbocycles. The van der Waals surface area contributed by atoms with Gasteiger partial charge in [-0.25, -0.2) is 4.39 Å². The van der Waals surface area contributed by atoms with Crippen molar-refractivity contribution in [1.29, 1.82) is 0 Å². The normalized spacial score (nSPS) is 21.4. The first-order valence-electron chi connectivity index (χ1n) is 5.08. The van der Waals surface area contributed by atoms with Gasteiger partial charge in [0, 0.05) is 25.7 Å². The summed E-state index contributed by atoms with van der Waals surface area (Å²) in [4.78, 5) is 2.25. The van der Waals surface area contributed by atoms with E-state index in [2.05, 4.69) is 4.90 Å². The summed E-state index contributed by atoms with van der Waals surface area (Å²) in [5.41, 5.74) is 6.55. The predicted molar refractivity (Wildman–Crippen MR) is 59.3 cm³/mol. The fraction of sp³-hybridized carbons (Fsp3) is 0.455. The number of hydrogen-bond acceptors (Lipinski definition) is 2. The highest BCUT2D eigenvalue weighted by Crippen LogP contribution is 2.21. The highest BCUT2D eigenvalue weighted by Gasteiger charge is 2.26. The molecule has 1 heterocycles. The van der Waals surface area contributed by atoms with Gasteiger partial charge in [-0.15, -0.1) is 0 Å². The van der Waals surface area contributed by atoms with Crippen LogP contribution in [0.25, 0.3) is 0 Å². The average molecular weight is 229 g/mol. The monoisotopic (exact) mass is 228 g/mol. The Labute approximate surface area is 93.8 Å². The van der Waals surface area contributed by atoms with Crippen molar-refractivity contribution < 1.29 is 4.39 Å². The Bertz CT molecular complexity index is 354. The topological polar surface area (TPSA) is 29.3 Å². The number of benzene rings is 1. The highest BCUT2D eigenvalue weighted by molar-refractivity contribution is 6.30. The molecule has 1 aliphatic rings. The molecule has 0 radical (unpaired) electrons. The van der Waals surface area contributed by atoms with E-state index in [0.717, 1.165) is 25.1 Å². The Morgan fingerprint density at radius 1 is 1.53 bits per heavy atom. The molecule has 0 bridgehead atoms. The first-order valence-corrected chi connectivity index (χ1v) is 5.46. The number of hydrogen-bond donors (Lipinski definition) is 1. The summed E-state index contributed by atoms with van der Waals surface area (Å²) in [6, 6.07) is 5.42. The van der Waals surface area contributed by atoms with Crippen LogP contribution in [-0.4, -0.2) is 24.0 Å². The molecule has 4 heteroatoms. The smallest absolute Gasteiger partial charge is 0.142 e. The van der Waals surface area contributed by atoms with Gasteiger partial charge in [-0.05, 0) is 24.1 Å². The van der Waals surface area contributed by atoms with E-state index in [1.165, 1.54) is 6.07 Å².